The molecular formula is C43H28O2. The predicted octanol–water partition coefficient (Wildman–Crippen LogP) is 12.3. The van der Waals surface area contributed by atoms with Crippen molar-refractivity contribution in [3.8, 4) is 22.3 Å². The van der Waals surface area contributed by atoms with Gasteiger partial charge in [-0.1, -0.05) is 116 Å². The Morgan fingerprint density at radius 1 is 0.489 bits per heavy atom. The van der Waals surface area contributed by atoms with Crippen LogP contribution in [0.15, 0.2) is 136 Å². The van der Waals surface area contributed by atoms with Gasteiger partial charge >= 0.3 is 0 Å². The van der Waals surface area contributed by atoms with Gasteiger partial charge in [0.2, 0.25) is 0 Å². The number of para-hydroxylation sites is 4. The molecule has 0 amide bonds. The summed E-state index contributed by atoms with van der Waals surface area (Å²) in [5.41, 5.74) is 11.1. The highest BCUT2D eigenvalue weighted by atomic mass is 16.3. The van der Waals surface area contributed by atoms with Gasteiger partial charge in [0, 0.05) is 32.7 Å². The minimum absolute atomic E-state index is 0.507. The molecule has 45 heavy (non-hydrogen) atoms. The molecular weight excluding hydrogens is 548 g/mol. The lowest BCUT2D eigenvalue weighted by atomic mass is 9.82. The molecule has 212 valence electrons. The van der Waals surface area contributed by atoms with Crippen molar-refractivity contribution in [3.05, 3.63) is 139 Å². The van der Waals surface area contributed by atoms with E-state index >= 15 is 0 Å². The summed E-state index contributed by atoms with van der Waals surface area (Å²) >= 11 is 0. The Balaban J connectivity index is 1.26. The van der Waals surface area contributed by atoms with Crippen molar-refractivity contribution in [3.63, 3.8) is 0 Å². The van der Waals surface area contributed by atoms with E-state index in [1.54, 1.807) is 0 Å². The summed E-state index contributed by atoms with van der Waals surface area (Å²) in [6, 6.07) is 43.5. The van der Waals surface area contributed by atoms with E-state index in [4.69, 9.17) is 8.83 Å². The molecule has 1 unspecified atom stereocenters. The fraction of sp³-hybridized carbons (Fsp3) is 0.0698. The van der Waals surface area contributed by atoms with E-state index < -0.39 is 0 Å². The molecule has 9 aromatic rings. The van der Waals surface area contributed by atoms with Crippen LogP contribution in [0.5, 0.6) is 0 Å². The van der Waals surface area contributed by atoms with E-state index in [0.717, 1.165) is 72.6 Å². The highest BCUT2D eigenvalue weighted by Crippen LogP contribution is 2.43. The number of hydrogen-bond donors (Lipinski definition) is 0. The van der Waals surface area contributed by atoms with E-state index in [2.05, 4.69) is 128 Å². The third-order valence-corrected chi connectivity index (χ3v) is 9.82. The molecule has 0 spiro atoms. The smallest absolute Gasteiger partial charge is 0.143 e. The molecule has 2 nitrogen and oxygen atoms in total. The monoisotopic (exact) mass is 576 g/mol. The Morgan fingerprint density at radius 3 is 1.64 bits per heavy atom. The summed E-state index contributed by atoms with van der Waals surface area (Å²) in [5, 5.41) is 9.75. The molecule has 7 aromatic carbocycles. The molecule has 0 N–H and O–H groups in total. The van der Waals surface area contributed by atoms with Crippen LogP contribution < -0.4 is 0 Å². The predicted molar refractivity (Wildman–Crippen MR) is 189 cm³/mol. The Bertz CT molecular complexity index is 2700. The Hall–Kier alpha value is -5.60. The van der Waals surface area contributed by atoms with Gasteiger partial charge in [0.25, 0.3) is 0 Å². The van der Waals surface area contributed by atoms with Crippen LogP contribution in [0.4, 0.5) is 0 Å². The van der Waals surface area contributed by atoms with Gasteiger partial charge in [0.15, 0.2) is 0 Å². The SMILES string of the molecule is CC1C=Cc2c(c3ccc(-c4cccc5c4oc4ccccc45)cc3c3cc(-c4cccc5c4oc4ccccc45)ccc23)C1. The van der Waals surface area contributed by atoms with Crippen molar-refractivity contribution >= 4 is 71.5 Å². The molecule has 0 bridgehead atoms. The maximum atomic E-state index is 6.47. The average Bonchev–Trinajstić information content (AvgIpc) is 3.66. The van der Waals surface area contributed by atoms with Gasteiger partial charge in [-0.05, 0) is 80.4 Å². The molecule has 2 heterocycles. The van der Waals surface area contributed by atoms with E-state index in [1.165, 1.54) is 32.7 Å². The molecule has 0 saturated heterocycles. The van der Waals surface area contributed by atoms with Crippen LogP contribution in [0, 0.1) is 5.92 Å². The maximum Gasteiger partial charge on any atom is 0.143 e. The Morgan fingerprint density at radius 2 is 1.02 bits per heavy atom. The second kappa shape index (κ2) is 9.20. The normalized spacial score (nSPS) is 14.8. The first kappa shape index (κ1) is 24.8. The van der Waals surface area contributed by atoms with Crippen LogP contribution in [0.3, 0.4) is 0 Å². The van der Waals surface area contributed by atoms with E-state index in [0.29, 0.717) is 5.92 Å². The number of benzene rings is 7. The zero-order valence-electron chi connectivity index (χ0n) is 24.8. The number of rotatable bonds is 2. The van der Waals surface area contributed by atoms with Crippen molar-refractivity contribution in [1.29, 1.82) is 0 Å². The first-order chi connectivity index (χ1) is 22.2. The van der Waals surface area contributed by atoms with E-state index in [-0.39, 0.29) is 0 Å². The molecule has 0 radical (unpaired) electrons. The number of allylic oxidation sites excluding steroid dienone is 1. The van der Waals surface area contributed by atoms with Gasteiger partial charge in [-0.25, -0.2) is 0 Å². The largest absolute Gasteiger partial charge is 0.455 e. The summed E-state index contributed by atoms with van der Waals surface area (Å²) in [5.74, 6) is 0.507. The second-order valence-corrected chi connectivity index (χ2v) is 12.5. The van der Waals surface area contributed by atoms with E-state index in [1.807, 2.05) is 12.1 Å². The third kappa shape index (κ3) is 3.57. The molecule has 1 atom stereocenters. The third-order valence-electron chi connectivity index (χ3n) is 9.82. The van der Waals surface area contributed by atoms with Crippen molar-refractivity contribution in [2.45, 2.75) is 13.3 Å². The van der Waals surface area contributed by atoms with Gasteiger partial charge in [-0.15, -0.1) is 0 Å². The quantitative estimate of drug-likeness (QED) is 0.191. The summed E-state index contributed by atoms with van der Waals surface area (Å²) in [4.78, 5) is 0. The van der Waals surface area contributed by atoms with Crippen molar-refractivity contribution < 1.29 is 8.83 Å². The second-order valence-electron chi connectivity index (χ2n) is 12.5. The number of furan rings is 2. The van der Waals surface area contributed by atoms with Gasteiger partial charge in [0.05, 0.1) is 0 Å². The van der Waals surface area contributed by atoms with Crippen LogP contribution in [-0.2, 0) is 6.42 Å². The first-order valence-corrected chi connectivity index (χ1v) is 15.7. The van der Waals surface area contributed by atoms with Gasteiger partial charge in [0.1, 0.15) is 22.3 Å². The fourth-order valence-electron chi connectivity index (χ4n) is 7.68. The summed E-state index contributed by atoms with van der Waals surface area (Å²) < 4.78 is 12.9. The van der Waals surface area contributed by atoms with Crippen molar-refractivity contribution in [2.75, 3.05) is 0 Å². The van der Waals surface area contributed by atoms with Gasteiger partial charge in [-0.3, -0.25) is 0 Å². The van der Waals surface area contributed by atoms with Crippen LogP contribution in [0.2, 0.25) is 0 Å². The minimum atomic E-state index is 0.507. The van der Waals surface area contributed by atoms with Crippen molar-refractivity contribution in [1.82, 2.24) is 0 Å². The summed E-state index contributed by atoms with van der Waals surface area (Å²) in [6.45, 7) is 2.31. The first-order valence-electron chi connectivity index (χ1n) is 15.7. The highest BCUT2D eigenvalue weighted by molar-refractivity contribution is 6.17. The number of hydrogen-bond acceptors (Lipinski definition) is 2. The summed E-state index contributed by atoms with van der Waals surface area (Å²) in [7, 11) is 0. The topological polar surface area (TPSA) is 26.3 Å². The molecule has 0 aliphatic heterocycles. The zero-order valence-corrected chi connectivity index (χ0v) is 24.8. The maximum absolute atomic E-state index is 6.47. The fourth-order valence-corrected chi connectivity index (χ4v) is 7.68. The lowest BCUT2D eigenvalue weighted by Gasteiger charge is -2.22. The standard InChI is InChI=1S/C43H28O2/c1-25-16-19-30-31-20-17-26(28-10-6-12-35-33-8-2-4-14-40(33)44-42(28)35)23-38(31)39-24-27(18-21-32(39)37(30)22-25)29-11-7-13-36-34-9-3-5-15-41(34)45-43(29)36/h2-21,23-25H,22H2,1H3. The molecule has 10 rings (SSSR count). The Kier molecular flexibility index (Phi) is 5.07. The molecule has 0 saturated carbocycles. The number of fused-ring (bicyclic) bond motifs is 12. The van der Waals surface area contributed by atoms with Gasteiger partial charge in [-0.2, -0.15) is 0 Å². The van der Waals surface area contributed by atoms with Crippen molar-refractivity contribution in [2.24, 2.45) is 5.92 Å². The lowest BCUT2D eigenvalue weighted by Crippen LogP contribution is -2.05. The van der Waals surface area contributed by atoms with Crippen LogP contribution in [0.25, 0.3) is 93.8 Å². The summed E-state index contributed by atoms with van der Waals surface area (Å²) in [6.07, 6.45) is 5.73. The Labute approximate surface area is 259 Å². The van der Waals surface area contributed by atoms with E-state index in [9.17, 15) is 0 Å². The van der Waals surface area contributed by atoms with Crippen LogP contribution in [0.1, 0.15) is 18.1 Å². The lowest BCUT2D eigenvalue weighted by molar-refractivity contribution is 0.669. The molecule has 0 fully saturated rings. The average molecular weight is 577 g/mol. The molecule has 1 aliphatic carbocycles. The minimum Gasteiger partial charge on any atom is -0.455 e. The highest BCUT2D eigenvalue weighted by Gasteiger charge is 2.20. The zero-order chi connectivity index (χ0) is 29.6. The van der Waals surface area contributed by atoms with Gasteiger partial charge < -0.3 is 8.83 Å². The van der Waals surface area contributed by atoms with Crippen LogP contribution in [-0.4, -0.2) is 0 Å². The van der Waals surface area contributed by atoms with Crippen LogP contribution >= 0.6 is 0 Å². The molecule has 2 aromatic heterocycles. The molecule has 1 aliphatic rings. The molecule has 2 heteroatoms.